The number of benzene rings is 7. The summed E-state index contributed by atoms with van der Waals surface area (Å²) in [6.45, 7) is 4.73. The number of anilines is 2. The van der Waals surface area contributed by atoms with Crippen LogP contribution in [0.3, 0.4) is 0 Å². The van der Waals surface area contributed by atoms with E-state index in [9.17, 15) is 0 Å². The van der Waals surface area contributed by atoms with Gasteiger partial charge in [-0.3, -0.25) is 0 Å². The van der Waals surface area contributed by atoms with Crippen molar-refractivity contribution >= 4 is 55.4 Å². The van der Waals surface area contributed by atoms with E-state index in [4.69, 9.17) is 14.4 Å². The van der Waals surface area contributed by atoms with Crippen LogP contribution in [0.1, 0.15) is 42.5 Å². The molecule has 1 unspecified atom stereocenters. The highest BCUT2D eigenvalue weighted by Gasteiger charge is 2.42. The molecule has 4 heteroatoms. The van der Waals surface area contributed by atoms with Crippen LogP contribution >= 0.6 is 0 Å². The minimum absolute atomic E-state index is 0.0777. The molecule has 2 aliphatic carbocycles. The number of allylic oxidation sites excluding steroid dienone is 2. The molecule has 57 heavy (non-hydrogen) atoms. The highest BCUT2D eigenvalue weighted by Crippen LogP contribution is 2.56. The molecule has 7 aromatic carbocycles. The Hall–Kier alpha value is -7.04. The molecule has 270 valence electrons. The maximum Gasteiger partial charge on any atom is 0.164 e. The van der Waals surface area contributed by atoms with E-state index < -0.39 is 0 Å². The topological polar surface area (TPSA) is 42.2 Å². The lowest BCUT2D eigenvalue weighted by atomic mass is 9.82. The van der Waals surface area contributed by atoms with Crippen molar-refractivity contribution in [3.8, 4) is 33.8 Å². The quantitative estimate of drug-likeness (QED) is 0.181. The number of fused-ring (bicyclic) bond motifs is 10. The second-order valence-corrected chi connectivity index (χ2v) is 16.0. The van der Waals surface area contributed by atoms with Crippen molar-refractivity contribution < 1.29 is 4.42 Å². The molecule has 0 fully saturated rings. The molecule has 12 rings (SSSR count). The van der Waals surface area contributed by atoms with Gasteiger partial charge < -0.3 is 9.32 Å². The van der Waals surface area contributed by atoms with E-state index in [1.807, 2.05) is 18.2 Å². The van der Waals surface area contributed by atoms with Gasteiger partial charge in [-0.15, -0.1) is 0 Å². The molecular weight excluding hydrogens is 695 g/mol. The number of furan rings is 1. The highest BCUT2D eigenvalue weighted by molar-refractivity contribution is 6.13. The van der Waals surface area contributed by atoms with E-state index in [0.29, 0.717) is 5.82 Å². The SMILES string of the molecule is CC1(C)c2ccccc2-c2cc3c(cc21)N(c1ccccc1)C1CC=C(c2cccc4c2oc2c(-c5nc(-c6ccccc6)c6ccccc6n5)cccc24)C=C31. The van der Waals surface area contributed by atoms with Crippen LogP contribution in [0.25, 0.3) is 77.8 Å². The first-order valence-corrected chi connectivity index (χ1v) is 19.8. The lowest BCUT2D eigenvalue weighted by Gasteiger charge is -2.30. The molecule has 0 saturated carbocycles. The summed E-state index contributed by atoms with van der Waals surface area (Å²) in [6.07, 6.45) is 5.71. The van der Waals surface area contributed by atoms with Crippen LogP contribution in [-0.4, -0.2) is 16.0 Å². The summed E-state index contributed by atoms with van der Waals surface area (Å²) >= 11 is 0. The summed E-state index contributed by atoms with van der Waals surface area (Å²) in [6, 6.07) is 56.5. The van der Waals surface area contributed by atoms with Crippen molar-refractivity contribution in [1.29, 1.82) is 0 Å². The first-order chi connectivity index (χ1) is 28.0. The zero-order valence-electron chi connectivity index (χ0n) is 31.7. The summed E-state index contributed by atoms with van der Waals surface area (Å²) in [5, 5.41) is 3.17. The van der Waals surface area contributed by atoms with Crippen LogP contribution in [-0.2, 0) is 5.41 Å². The second kappa shape index (κ2) is 12.0. The maximum absolute atomic E-state index is 7.01. The maximum atomic E-state index is 7.01. The van der Waals surface area contributed by atoms with Crippen molar-refractivity contribution in [2.24, 2.45) is 0 Å². The molecule has 9 aromatic rings. The van der Waals surface area contributed by atoms with Gasteiger partial charge in [0.05, 0.1) is 22.8 Å². The van der Waals surface area contributed by atoms with Crippen LogP contribution < -0.4 is 4.90 Å². The van der Waals surface area contributed by atoms with Gasteiger partial charge in [0, 0.05) is 49.6 Å². The monoisotopic (exact) mass is 731 g/mol. The first kappa shape index (κ1) is 32.2. The Morgan fingerprint density at radius 2 is 1.25 bits per heavy atom. The third-order valence-electron chi connectivity index (χ3n) is 12.6. The molecule has 0 N–H and O–H groups in total. The first-order valence-electron chi connectivity index (χ1n) is 19.8. The number of rotatable bonds is 4. The summed E-state index contributed by atoms with van der Waals surface area (Å²) in [7, 11) is 0. The van der Waals surface area contributed by atoms with Crippen LogP contribution in [0.2, 0.25) is 0 Å². The van der Waals surface area contributed by atoms with Crippen LogP contribution in [0.4, 0.5) is 11.4 Å². The van der Waals surface area contributed by atoms with Gasteiger partial charge in [-0.1, -0.05) is 141 Å². The van der Waals surface area contributed by atoms with Gasteiger partial charge in [0.25, 0.3) is 0 Å². The number of nitrogens with zero attached hydrogens (tertiary/aromatic N) is 3. The molecule has 1 aliphatic heterocycles. The lowest BCUT2D eigenvalue weighted by molar-refractivity contribution is 0.660. The number of para-hydroxylation sites is 4. The zero-order valence-corrected chi connectivity index (χ0v) is 31.7. The third kappa shape index (κ3) is 4.68. The van der Waals surface area contributed by atoms with E-state index >= 15 is 0 Å². The predicted molar refractivity (Wildman–Crippen MR) is 235 cm³/mol. The fourth-order valence-corrected chi connectivity index (χ4v) is 9.86. The van der Waals surface area contributed by atoms with Crippen molar-refractivity contribution in [1.82, 2.24) is 9.97 Å². The molecule has 0 bridgehead atoms. The zero-order chi connectivity index (χ0) is 37.8. The number of hydrogen-bond donors (Lipinski definition) is 0. The van der Waals surface area contributed by atoms with Crippen LogP contribution in [0, 0.1) is 0 Å². The minimum Gasteiger partial charge on any atom is -0.455 e. The lowest BCUT2D eigenvalue weighted by Crippen LogP contribution is -2.27. The van der Waals surface area contributed by atoms with E-state index in [1.54, 1.807) is 0 Å². The second-order valence-electron chi connectivity index (χ2n) is 16.0. The predicted octanol–water partition coefficient (Wildman–Crippen LogP) is 13.6. The van der Waals surface area contributed by atoms with Crippen molar-refractivity contribution in [3.05, 3.63) is 192 Å². The Morgan fingerprint density at radius 1 is 0.579 bits per heavy atom. The Bertz CT molecular complexity index is 3190. The highest BCUT2D eigenvalue weighted by atomic mass is 16.3. The largest absolute Gasteiger partial charge is 0.455 e. The van der Waals surface area contributed by atoms with E-state index in [1.165, 1.54) is 50.3 Å². The smallest absolute Gasteiger partial charge is 0.164 e. The van der Waals surface area contributed by atoms with Crippen molar-refractivity contribution in [2.75, 3.05) is 4.90 Å². The van der Waals surface area contributed by atoms with E-state index in [0.717, 1.165) is 61.6 Å². The van der Waals surface area contributed by atoms with Crippen molar-refractivity contribution in [2.45, 2.75) is 31.7 Å². The molecule has 0 amide bonds. The van der Waals surface area contributed by atoms with Crippen LogP contribution in [0.5, 0.6) is 0 Å². The summed E-state index contributed by atoms with van der Waals surface area (Å²) in [4.78, 5) is 12.9. The van der Waals surface area contributed by atoms with Gasteiger partial charge >= 0.3 is 0 Å². The molecular formula is C53H37N3O. The Balaban J connectivity index is 1.02. The van der Waals surface area contributed by atoms with E-state index in [-0.39, 0.29) is 11.5 Å². The fraction of sp³-hybridized carbons (Fsp3) is 0.0943. The molecule has 1 atom stereocenters. The summed E-state index contributed by atoms with van der Waals surface area (Å²) in [5.41, 5.74) is 18.3. The van der Waals surface area contributed by atoms with Gasteiger partial charge in [0.2, 0.25) is 0 Å². The van der Waals surface area contributed by atoms with Gasteiger partial charge in [0.1, 0.15) is 11.2 Å². The molecule has 4 nitrogen and oxygen atoms in total. The van der Waals surface area contributed by atoms with Gasteiger partial charge in [0.15, 0.2) is 5.82 Å². The average molecular weight is 732 g/mol. The van der Waals surface area contributed by atoms with Gasteiger partial charge in [-0.05, 0) is 82.3 Å². The van der Waals surface area contributed by atoms with Gasteiger partial charge in [-0.25, -0.2) is 9.97 Å². The average Bonchev–Trinajstić information content (AvgIpc) is 3.88. The van der Waals surface area contributed by atoms with Crippen molar-refractivity contribution in [3.63, 3.8) is 0 Å². The number of aromatic nitrogens is 2. The Morgan fingerprint density at radius 3 is 2.07 bits per heavy atom. The summed E-state index contributed by atoms with van der Waals surface area (Å²) in [5.74, 6) is 0.654. The minimum atomic E-state index is -0.0777. The van der Waals surface area contributed by atoms with E-state index in [2.05, 4.69) is 170 Å². The Labute approximate surface area is 331 Å². The normalized spacial score (nSPS) is 16.3. The molecule has 0 radical (unpaired) electrons. The molecule has 3 aliphatic rings. The summed E-state index contributed by atoms with van der Waals surface area (Å²) < 4.78 is 7.01. The fourth-order valence-electron chi connectivity index (χ4n) is 9.86. The van der Waals surface area contributed by atoms with Crippen LogP contribution in [0.15, 0.2) is 174 Å². The molecule has 0 spiro atoms. The number of hydrogen-bond acceptors (Lipinski definition) is 4. The molecule has 0 saturated heterocycles. The standard InChI is InChI=1S/C53H37N3O/c1-53(2)44-25-11-9-19-36(44)41-30-43-42-29-33(27-28-47(42)56(48(43)31-45(41)53)34-17-7-4-8-18-34)35-21-13-22-37-38-23-14-24-40(51(38)57-50(35)37)52-54-46-26-12-10-20-39(46)49(55-52)32-15-5-3-6-16-32/h3-27,29-31,47H,28H2,1-2H3. The third-order valence-corrected chi connectivity index (χ3v) is 12.6. The molecule has 2 aromatic heterocycles. The Kier molecular flexibility index (Phi) is 6.77. The van der Waals surface area contributed by atoms with Gasteiger partial charge in [-0.2, -0.15) is 0 Å². The molecule has 3 heterocycles.